The summed E-state index contributed by atoms with van der Waals surface area (Å²) in [7, 11) is 0. The molecule has 3 heteroatoms. The van der Waals surface area contributed by atoms with Crippen LogP contribution in [0.5, 0.6) is 0 Å². The average molecular weight is 269 g/mol. The van der Waals surface area contributed by atoms with Crippen molar-refractivity contribution in [1.82, 2.24) is 9.97 Å². The number of benzene rings is 1. The normalized spacial score (nSPS) is 17.1. The van der Waals surface area contributed by atoms with Gasteiger partial charge in [-0.1, -0.05) is 32.9 Å². The van der Waals surface area contributed by atoms with Crippen molar-refractivity contribution in [3.05, 3.63) is 30.1 Å². The summed E-state index contributed by atoms with van der Waals surface area (Å²) in [5.74, 6) is 3.29. The Morgan fingerprint density at radius 2 is 1.80 bits per heavy atom. The second kappa shape index (κ2) is 5.39. The van der Waals surface area contributed by atoms with Gasteiger partial charge < -0.3 is 4.90 Å². The van der Waals surface area contributed by atoms with E-state index < -0.39 is 0 Å². The molecule has 0 amide bonds. The Kier molecular flexibility index (Phi) is 3.60. The molecule has 1 aromatic carbocycles. The SMILES string of the molecule is CC1CCN(c2nc(C(C)C)nc3ccccc23)CC1. The van der Waals surface area contributed by atoms with Crippen LogP contribution in [0.3, 0.4) is 0 Å². The van der Waals surface area contributed by atoms with Crippen LogP contribution < -0.4 is 4.90 Å². The van der Waals surface area contributed by atoms with Crippen molar-refractivity contribution in [3.8, 4) is 0 Å². The number of aromatic nitrogens is 2. The summed E-state index contributed by atoms with van der Waals surface area (Å²) in [4.78, 5) is 12.0. The van der Waals surface area contributed by atoms with Gasteiger partial charge in [-0.25, -0.2) is 9.97 Å². The molecule has 3 nitrogen and oxygen atoms in total. The first-order valence-corrected chi connectivity index (χ1v) is 7.67. The van der Waals surface area contributed by atoms with Crippen LogP contribution in [0.4, 0.5) is 5.82 Å². The molecule has 3 rings (SSSR count). The lowest BCUT2D eigenvalue weighted by molar-refractivity contribution is 0.437. The summed E-state index contributed by atoms with van der Waals surface area (Å²) in [6, 6.07) is 8.38. The third-order valence-corrected chi connectivity index (χ3v) is 4.20. The zero-order valence-corrected chi connectivity index (χ0v) is 12.6. The molecule has 0 saturated carbocycles. The van der Waals surface area contributed by atoms with Crippen LogP contribution in [0.15, 0.2) is 24.3 Å². The third-order valence-electron chi connectivity index (χ3n) is 4.20. The van der Waals surface area contributed by atoms with Gasteiger partial charge in [-0.05, 0) is 30.9 Å². The molecule has 0 N–H and O–H groups in total. The highest BCUT2D eigenvalue weighted by Gasteiger charge is 2.20. The summed E-state index contributed by atoms with van der Waals surface area (Å²) in [6.45, 7) is 8.88. The van der Waals surface area contributed by atoms with Gasteiger partial charge in [0.2, 0.25) is 0 Å². The van der Waals surface area contributed by atoms with Crippen molar-refractivity contribution in [3.63, 3.8) is 0 Å². The number of hydrogen-bond donors (Lipinski definition) is 0. The van der Waals surface area contributed by atoms with Crippen molar-refractivity contribution in [2.75, 3.05) is 18.0 Å². The van der Waals surface area contributed by atoms with Crippen LogP contribution in [0.1, 0.15) is 45.4 Å². The minimum absolute atomic E-state index is 0.363. The highest BCUT2D eigenvalue weighted by atomic mass is 15.2. The van der Waals surface area contributed by atoms with Crippen LogP contribution in [0.25, 0.3) is 10.9 Å². The van der Waals surface area contributed by atoms with E-state index in [0.29, 0.717) is 5.92 Å². The number of fused-ring (bicyclic) bond motifs is 1. The Morgan fingerprint density at radius 1 is 1.10 bits per heavy atom. The summed E-state index contributed by atoms with van der Waals surface area (Å²) in [6.07, 6.45) is 2.52. The topological polar surface area (TPSA) is 29.0 Å². The molecule has 20 heavy (non-hydrogen) atoms. The van der Waals surface area contributed by atoms with Crippen molar-refractivity contribution in [2.24, 2.45) is 5.92 Å². The fraction of sp³-hybridized carbons (Fsp3) is 0.529. The maximum Gasteiger partial charge on any atom is 0.140 e. The number of nitrogens with zero attached hydrogens (tertiary/aromatic N) is 3. The largest absolute Gasteiger partial charge is 0.356 e. The molecule has 1 aromatic heterocycles. The Hall–Kier alpha value is -1.64. The first-order chi connectivity index (χ1) is 9.65. The van der Waals surface area contributed by atoms with E-state index in [2.05, 4.69) is 49.9 Å². The number of anilines is 1. The van der Waals surface area contributed by atoms with Gasteiger partial charge in [-0.2, -0.15) is 0 Å². The monoisotopic (exact) mass is 269 g/mol. The zero-order valence-electron chi connectivity index (χ0n) is 12.6. The van der Waals surface area contributed by atoms with E-state index in [1.165, 1.54) is 18.2 Å². The quantitative estimate of drug-likeness (QED) is 0.825. The summed E-state index contributed by atoms with van der Waals surface area (Å²) in [5, 5.41) is 1.19. The highest BCUT2D eigenvalue weighted by Crippen LogP contribution is 2.29. The molecule has 0 unspecified atom stereocenters. The van der Waals surface area contributed by atoms with E-state index >= 15 is 0 Å². The van der Waals surface area contributed by atoms with Crippen molar-refractivity contribution in [1.29, 1.82) is 0 Å². The molecule has 2 heterocycles. The van der Waals surface area contributed by atoms with Crippen molar-refractivity contribution < 1.29 is 0 Å². The van der Waals surface area contributed by atoms with Gasteiger partial charge in [0.05, 0.1) is 5.52 Å². The van der Waals surface area contributed by atoms with E-state index in [-0.39, 0.29) is 0 Å². The maximum atomic E-state index is 4.86. The van der Waals surface area contributed by atoms with Gasteiger partial charge in [0.15, 0.2) is 0 Å². The van der Waals surface area contributed by atoms with E-state index in [1.54, 1.807) is 0 Å². The predicted octanol–water partition coefficient (Wildman–Crippen LogP) is 3.99. The second-order valence-electron chi connectivity index (χ2n) is 6.25. The van der Waals surface area contributed by atoms with Crippen LogP contribution in [0, 0.1) is 5.92 Å². The molecule has 2 aromatic rings. The first kappa shape index (κ1) is 13.3. The standard InChI is InChI=1S/C17H23N3/c1-12(2)16-18-15-7-5-4-6-14(15)17(19-16)20-10-8-13(3)9-11-20/h4-7,12-13H,8-11H2,1-3H3. The zero-order chi connectivity index (χ0) is 14.1. The smallest absolute Gasteiger partial charge is 0.140 e. The molecule has 0 aliphatic carbocycles. The maximum absolute atomic E-state index is 4.86. The molecule has 1 fully saturated rings. The van der Waals surface area contributed by atoms with Crippen molar-refractivity contribution >= 4 is 16.7 Å². The average Bonchev–Trinajstić information content (AvgIpc) is 2.47. The van der Waals surface area contributed by atoms with E-state index in [9.17, 15) is 0 Å². The van der Waals surface area contributed by atoms with Crippen LogP contribution in [-0.2, 0) is 0 Å². The lowest BCUT2D eigenvalue weighted by atomic mass is 9.99. The van der Waals surface area contributed by atoms with Crippen LogP contribution in [-0.4, -0.2) is 23.1 Å². The number of hydrogen-bond acceptors (Lipinski definition) is 3. The molecule has 0 atom stereocenters. The third kappa shape index (κ3) is 2.49. The number of piperidine rings is 1. The fourth-order valence-electron chi connectivity index (χ4n) is 2.80. The molecule has 1 aliphatic heterocycles. The molecule has 0 spiro atoms. The molecule has 106 valence electrons. The van der Waals surface area contributed by atoms with Crippen LogP contribution >= 0.6 is 0 Å². The fourth-order valence-corrected chi connectivity index (χ4v) is 2.80. The lowest BCUT2D eigenvalue weighted by Crippen LogP contribution is -2.33. The molecule has 0 bridgehead atoms. The van der Waals surface area contributed by atoms with Crippen molar-refractivity contribution in [2.45, 2.75) is 39.5 Å². The summed E-state index contributed by atoms with van der Waals surface area (Å²) >= 11 is 0. The first-order valence-electron chi connectivity index (χ1n) is 7.67. The van der Waals surface area contributed by atoms with Crippen LogP contribution in [0.2, 0.25) is 0 Å². The molecule has 0 radical (unpaired) electrons. The molecule has 1 aliphatic rings. The summed E-state index contributed by atoms with van der Waals surface area (Å²) < 4.78 is 0. The van der Waals surface area contributed by atoms with Gasteiger partial charge in [0.25, 0.3) is 0 Å². The van der Waals surface area contributed by atoms with Gasteiger partial charge in [0, 0.05) is 24.4 Å². The minimum Gasteiger partial charge on any atom is -0.356 e. The number of para-hydroxylation sites is 1. The van der Waals surface area contributed by atoms with Gasteiger partial charge >= 0.3 is 0 Å². The minimum atomic E-state index is 0.363. The second-order valence-corrected chi connectivity index (χ2v) is 6.25. The van der Waals surface area contributed by atoms with Gasteiger partial charge in [-0.3, -0.25) is 0 Å². The van der Waals surface area contributed by atoms with E-state index in [0.717, 1.165) is 36.2 Å². The Bertz CT molecular complexity index is 598. The summed E-state index contributed by atoms with van der Waals surface area (Å²) in [5.41, 5.74) is 1.07. The molecular weight excluding hydrogens is 246 g/mol. The van der Waals surface area contributed by atoms with E-state index in [1.807, 2.05) is 0 Å². The molecule has 1 saturated heterocycles. The van der Waals surface area contributed by atoms with Gasteiger partial charge in [-0.15, -0.1) is 0 Å². The highest BCUT2D eigenvalue weighted by molar-refractivity contribution is 5.89. The van der Waals surface area contributed by atoms with Gasteiger partial charge in [0.1, 0.15) is 11.6 Å². The number of rotatable bonds is 2. The lowest BCUT2D eigenvalue weighted by Gasteiger charge is -2.32. The Morgan fingerprint density at radius 3 is 2.50 bits per heavy atom. The Labute approximate surface area is 121 Å². The predicted molar refractivity (Wildman–Crippen MR) is 84.2 cm³/mol. The molecular formula is C17H23N3. The van der Waals surface area contributed by atoms with E-state index in [4.69, 9.17) is 9.97 Å². The Balaban J connectivity index is 2.07.